The molecule has 0 aliphatic carbocycles. The molecular weight excluding hydrogens is 413 g/mol. The molecule has 2 heterocycles. The number of aromatic nitrogens is 4. The van der Waals surface area contributed by atoms with Crippen LogP contribution in [-0.2, 0) is 13.1 Å². The Labute approximate surface area is 156 Å². The van der Waals surface area contributed by atoms with Gasteiger partial charge in [0.25, 0.3) is 5.91 Å². The Balaban J connectivity index is 1.76. The fraction of sp³-hybridized carbons (Fsp3) is 0.188. The third-order valence-corrected chi connectivity index (χ3v) is 4.30. The van der Waals surface area contributed by atoms with Gasteiger partial charge in [0.05, 0.1) is 11.0 Å². The lowest BCUT2D eigenvalue weighted by atomic mass is 10.2. The van der Waals surface area contributed by atoms with Crippen molar-refractivity contribution >= 4 is 39.3 Å². The van der Waals surface area contributed by atoms with E-state index in [-0.39, 0.29) is 22.4 Å². The lowest BCUT2D eigenvalue weighted by Crippen LogP contribution is -2.15. The van der Waals surface area contributed by atoms with Crippen LogP contribution < -0.4 is 5.32 Å². The second-order valence-corrected chi connectivity index (χ2v) is 6.55. The van der Waals surface area contributed by atoms with Gasteiger partial charge in [-0.3, -0.25) is 14.2 Å². The normalized spacial score (nSPS) is 10.9. The molecule has 2 aromatic heterocycles. The van der Waals surface area contributed by atoms with Crippen LogP contribution in [-0.4, -0.2) is 25.5 Å². The highest BCUT2D eigenvalue weighted by molar-refractivity contribution is 9.10. The van der Waals surface area contributed by atoms with Crippen molar-refractivity contribution in [2.75, 3.05) is 5.32 Å². The highest BCUT2D eigenvalue weighted by Gasteiger charge is 2.18. The number of hydrogen-bond acceptors (Lipinski definition) is 3. The van der Waals surface area contributed by atoms with Crippen LogP contribution in [0.15, 0.2) is 41.1 Å². The summed E-state index contributed by atoms with van der Waals surface area (Å²) in [4.78, 5) is 12.4. The van der Waals surface area contributed by atoms with E-state index in [1.807, 2.05) is 6.92 Å². The smallest absolute Gasteiger partial charge is 0.278 e. The Bertz CT molecular complexity index is 923. The maximum Gasteiger partial charge on any atom is 0.278 e. The molecule has 0 aliphatic heterocycles. The molecule has 0 spiro atoms. The Hall–Kier alpha value is -2.19. The van der Waals surface area contributed by atoms with Gasteiger partial charge in [-0.05, 0) is 40.5 Å². The molecule has 6 nitrogen and oxygen atoms in total. The molecule has 0 bridgehead atoms. The van der Waals surface area contributed by atoms with Gasteiger partial charge in [0.1, 0.15) is 10.8 Å². The van der Waals surface area contributed by atoms with E-state index in [1.165, 1.54) is 16.8 Å². The second-order valence-electron chi connectivity index (χ2n) is 5.29. The number of carbonyl (C=O) groups excluding carboxylic acids is 1. The summed E-state index contributed by atoms with van der Waals surface area (Å²) in [5.74, 6) is -0.515. The Kier molecular flexibility index (Phi) is 5.19. The summed E-state index contributed by atoms with van der Waals surface area (Å²) in [7, 11) is 0. The average Bonchev–Trinajstić information content (AvgIpc) is 3.10. The van der Waals surface area contributed by atoms with Crippen molar-refractivity contribution in [2.24, 2.45) is 0 Å². The molecule has 130 valence electrons. The summed E-state index contributed by atoms with van der Waals surface area (Å²) in [6, 6.07) is 6.20. The molecule has 3 aromatic rings. The van der Waals surface area contributed by atoms with Crippen molar-refractivity contribution in [3.05, 3.63) is 63.2 Å². The van der Waals surface area contributed by atoms with Gasteiger partial charge < -0.3 is 5.32 Å². The lowest BCUT2D eigenvalue weighted by Gasteiger charge is -2.02. The van der Waals surface area contributed by atoms with Crippen LogP contribution in [0.25, 0.3) is 0 Å². The summed E-state index contributed by atoms with van der Waals surface area (Å²) in [6.07, 6.45) is 3.29. The number of carbonyl (C=O) groups is 1. The average molecular weight is 427 g/mol. The first kappa shape index (κ1) is 17.6. The van der Waals surface area contributed by atoms with Crippen molar-refractivity contribution in [3.8, 4) is 0 Å². The topological polar surface area (TPSA) is 64.7 Å². The van der Waals surface area contributed by atoms with Crippen molar-refractivity contribution < 1.29 is 9.18 Å². The fourth-order valence-electron chi connectivity index (χ4n) is 2.26. The van der Waals surface area contributed by atoms with Crippen molar-refractivity contribution in [1.82, 2.24) is 19.6 Å². The minimum atomic E-state index is -0.419. The monoisotopic (exact) mass is 425 g/mol. The maximum absolute atomic E-state index is 13.3. The van der Waals surface area contributed by atoms with E-state index in [2.05, 4.69) is 31.4 Å². The third-order valence-electron chi connectivity index (χ3n) is 3.44. The zero-order chi connectivity index (χ0) is 18.0. The largest absolute Gasteiger partial charge is 0.302 e. The number of benzene rings is 1. The van der Waals surface area contributed by atoms with E-state index in [1.54, 1.807) is 29.2 Å². The molecule has 25 heavy (non-hydrogen) atoms. The van der Waals surface area contributed by atoms with Crippen molar-refractivity contribution in [1.29, 1.82) is 0 Å². The standard InChI is InChI=1S/C16H14BrClFN5O/c1-2-23-8-12(17)14(21-23)16(25)20-15-13(18)9-24(22-15)7-10-4-3-5-11(19)6-10/h3-6,8-9H,2,7H2,1H3,(H,20,22,25). The van der Waals surface area contributed by atoms with Gasteiger partial charge in [0.15, 0.2) is 11.5 Å². The van der Waals surface area contributed by atoms with E-state index < -0.39 is 5.91 Å². The minimum Gasteiger partial charge on any atom is -0.302 e. The van der Waals surface area contributed by atoms with E-state index >= 15 is 0 Å². The van der Waals surface area contributed by atoms with Gasteiger partial charge in [0.2, 0.25) is 0 Å². The predicted molar refractivity (Wildman–Crippen MR) is 96.3 cm³/mol. The van der Waals surface area contributed by atoms with Crippen LogP contribution in [0.2, 0.25) is 5.02 Å². The summed E-state index contributed by atoms with van der Waals surface area (Å²) in [5.41, 5.74) is 0.985. The first-order chi connectivity index (χ1) is 12.0. The molecule has 0 saturated carbocycles. The van der Waals surface area contributed by atoms with Crippen molar-refractivity contribution in [3.63, 3.8) is 0 Å². The molecule has 0 saturated heterocycles. The van der Waals surface area contributed by atoms with E-state index in [0.717, 1.165) is 5.56 Å². The van der Waals surface area contributed by atoms with Gasteiger partial charge in [-0.1, -0.05) is 23.7 Å². The summed E-state index contributed by atoms with van der Waals surface area (Å²) >= 11 is 9.45. The van der Waals surface area contributed by atoms with E-state index in [9.17, 15) is 9.18 Å². The quantitative estimate of drug-likeness (QED) is 0.672. The number of nitrogens with one attached hydrogen (secondary N) is 1. The van der Waals surface area contributed by atoms with Gasteiger partial charge in [-0.25, -0.2) is 4.39 Å². The van der Waals surface area contributed by atoms with Gasteiger partial charge >= 0.3 is 0 Å². The first-order valence-corrected chi connectivity index (χ1v) is 8.65. The van der Waals surface area contributed by atoms with Gasteiger partial charge in [0, 0.05) is 18.9 Å². The maximum atomic E-state index is 13.3. The van der Waals surface area contributed by atoms with Crippen LogP contribution in [0.3, 0.4) is 0 Å². The highest BCUT2D eigenvalue weighted by Crippen LogP contribution is 2.22. The second kappa shape index (κ2) is 7.37. The predicted octanol–water partition coefficient (Wildman–Crippen LogP) is 3.96. The summed E-state index contributed by atoms with van der Waals surface area (Å²) in [5, 5.41) is 11.3. The fourth-order valence-corrected chi connectivity index (χ4v) is 2.96. The van der Waals surface area contributed by atoms with Gasteiger partial charge in [-0.2, -0.15) is 10.2 Å². The first-order valence-electron chi connectivity index (χ1n) is 7.48. The Morgan fingerprint density at radius 1 is 1.32 bits per heavy atom. The van der Waals surface area contributed by atoms with Crippen LogP contribution in [0, 0.1) is 5.82 Å². The summed E-state index contributed by atoms with van der Waals surface area (Å²) < 4.78 is 17.0. The molecule has 1 amide bonds. The van der Waals surface area contributed by atoms with Crippen LogP contribution in [0.4, 0.5) is 10.2 Å². The molecule has 0 fully saturated rings. The summed E-state index contributed by atoms with van der Waals surface area (Å²) in [6.45, 7) is 2.91. The van der Waals surface area contributed by atoms with Crippen LogP contribution >= 0.6 is 27.5 Å². The molecule has 9 heteroatoms. The molecule has 0 aliphatic rings. The molecular formula is C16H14BrClFN5O. The number of hydrogen-bond donors (Lipinski definition) is 1. The Morgan fingerprint density at radius 2 is 2.12 bits per heavy atom. The number of rotatable bonds is 5. The number of aryl methyl sites for hydroxylation is 1. The molecule has 0 atom stereocenters. The van der Waals surface area contributed by atoms with Crippen molar-refractivity contribution in [2.45, 2.75) is 20.0 Å². The number of amides is 1. The highest BCUT2D eigenvalue weighted by atomic mass is 79.9. The van der Waals surface area contributed by atoms with Gasteiger partial charge in [-0.15, -0.1) is 0 Å². The van der Waals surface area contributed by atoms with Crippen LogP contribution in [0.1, 0.15) is 23.0 Å². The molecule has 0 unspecified atom stereocenters. The molecule has 1 aromatic carbocycles. The molecule has 1 N–H and O–H groups in total. The number of halogens is 3. The van der Waals surface area contributed by atoms with E-state index in [0.29, 0.717) is 17.6 Å². The lowest BCUT2D eigenvalue weighted by molar-refractivity contribution is 0.102. The Morgan fingerprint density at radius 3 is 2.80 bits per heavy atom. The zero-order valence-electron chi connectivity index (χ0n) is 13.2. The number of anilines is 1. The SMILES string of the molecule is CCn1cc(Br)c(C(=O)Nc2nn(Cc3cccc(F)c3)cc2Cl)n1. The van der Waals surface area contributed by atoms with E-state index in [4.69, 9.17) is 11.6 Å². The third kappa shape index (κ3) is 4.08. The number of nitrogens with zero attached hydrogens (tertiary/aromatic N) is 4. The minimum absolute atomic E-state index is 0.223. The molecule has 3 rings (SSSR count). The van der Waals surface area contributed by atoms with Crippen LogP contribution in [0.5, 0.6) is 0 Å². The molecule has 0 radical (unpaired) electrons. The zero-order valence-corrected chi connectivity index (χ0v) is 15.6.